The number of thiophene rings is 1. The smallest absolute Gasteiger partial charge is 0.336 e. The maximum Gasteiger partial charge on any atom is 0.336 e. The minimum absolute atomic E-state index is 0.0299. The average Bonchev–Trinajstić information content (AvgIpc) is 2.97. The highest BCUT2D eigenvalue weighted by Crippen LogP contribution is 2.33. The fraction of sp³-hybridized carbons (Fsp3) is 0.462. The molecule has 1 aliphatic rings. The Labute approximate surface area is 115 Å². The summed E-state index contributed by atoms with van der Waals surface area (Å²) in [5.74, 6) is 0.736. The highest BCUT2D eigenvalue weighted by molar-refractivity contribution is 7.13. The first-order chi connectivity index (χ1) is 9.29. The molecule has 0 unspecified atom stereocenters. The topological polar surface area (TPSA) is 57.0 Å². The van der Waals surface area contributed by atoms with Crippen molar-refractivity contribution in [3.8, 4) is 16.7 Å². The molecule has 0 aliphatic heterocycles. The van der Waals surface area contributed by atoms with Crippen molar-refractivity contribution in [2.45, 2.75) is 26.2 Å². The van der Waals surface area contributed by atoms with Gasteiger partial charge >= 0.3 is 6.01 Å². The molecule has 3 rings (SSSR count). The number of carbonyl (C=O) groups excluding carboxylic acids is 1. The number of hydrogen-bond donors (Lipinski definition) is 0. The molecular weight excluding hydrogens is 262 g/mol. The van der Waals surface area contributed by atoms with Crippen molar-refractivity contribution in [2.75, 3.05) is 6.61 Å². The molecule has 0 radical (unpaired) electrons. The van der Waals surface area contributed by atoms with Gasteiger partial charge in [-0.05, 0) is 30.7 Å². The van der Waals surface area contributed by atoms with E-state index in [9.17, 15) is 4.79 Å². The van der Waals surface area contributed by atoms with Crippen LogP contribution in [-0.4, -0.2) is 27.3 Å². The third-order valence-corrected chi connectivity index (χ3v) is 3.77. The number of ether oxygens (including phenoxy) is 1. The Hall–Kier alpha value is -1.69. The van der Waals surface area contributed by atoms with Gasteiger partial charge in [0.25, 0.3) is 5.91 Å². The normalized spacial score (nSPS) is 14.6. The van der Waals surface area contributed by atoms with Gasteiger partial charge in [0.1, 0.15) is 0 Å². The van der Waals surface area contributed by atoms with E-state index in [0.29, 0.717) is 18.4 Å². The molecule has 5 nitrogen and oxygen atoms in total. The summed E-state index contributed by atoms with van der Waals surface area (Å²) in [6, 6.07) is 4.17. The van der Waals surface area contributed by atoms with Gasteiger partial charge in [0.2, 0.25) is 0 Å². The summed E-state index contributed by atoms with van der Waals surface area (Å²) in [7, 11) is 0. The molecule has 100 valence electrons. The van der Waals surface area contributed by atoms with Crippen molar-refractivity contribution in [1.82, 2.24) is 14.8 Å². The van der Waals surface area contributed by atoms with Crippen LogP contribution in [0.1, 0.15) is 31.0 Å². The van der Waals surface area contributed by atoms with Crippen LogP contribution in [0.2, 0.25) is 0 Å². The lowest BCUT2D eigenvalue weighted by Gasteiger charge is -2.00. The Kier molecular flexibility index (Phi) is 3.33. The predicted molar refractivity (Wildman–Crippen MR) is 72.5 cm³/mol. The summed E-state index contributed by atoms with van der Waals surface area (Å²) in [5.41, 5.74) is 0. The molecule has 1 aliphatic carbocycles. The van der Waals surface area contributed by atoms with E-state index >= 15 is 0 Å². The van der Waals surface area contributed by atoms with Crippen molar-refractivity contribution in [2.24, 2.45) is 5.92 Å². The predicted octanol–water partition coefficient (Wildman–Crippen LogP) is 2.85. The van der Waals surface area contributed by atoms with E-state index < -0.39 is 0 Å². The summed E-state index contributed by atoms with van der Waals surface area (Å²) in [6.07, 6.45) is 2.79. The largest absolute Gasteiger partial charge is 0.462 e. The van der Waals surface area contributed by atoms with E-state index in [-0.39, 0.29) is 11.8 Å². The molecule has 0 bridgehead atoms. The molecule has 0 aromatic carbocycles. The van der Waals surface area contributed by atoms with Gasteiger partial charge in [-0.1, -0.05) is 13.0 Å². The van der Waals surface area contributed by atoms with Crippen LogP contribution >= 0.6 is 11.3 Å². The molecule has 0 saturated heterocycles. The second kappa shape index (κ2) is 5.13. The van der Waals surface area contributed by atoms with Crippen molar-refractivity contribution in [1.29, 1.82) is 0 Å². The number of nitrogens with zero attached hydrogens (tertiary/aromatic N) is 3. The highest BCUT2D eigenvalue weighted by Gasteiger charge is 2.34. The van der Waals surface area contributed by atoms with E-state index in [1.807, 2.05) is 24.4 Å². The van der Waals surface area contributed by atoms with E-state index in [1.54, 1.807) is 11.3 Å². The molecule has 2 aromatic heterocycles. The first-order valence-corrected chi connectivity index (χ1v) is 7.35. The van der Waals surface area contributed by atoms with Crippen LogP contribution in [0.3, 0.4) is 0 Å². The van der Waals surface area contributed by atoms with Gasteiger partial charge < -0.3 is 4.74 Å². The molecule has 0 amide bonds. The van der Waals surface area contributed by atoms with Crippen LogP contribution in [0.5, 0.6) is 6.01 Å². The van der Waals surface area contributed by atoms with Crippen LogP contribution in [0.4, 0.5) is 0 Å². The Morgan fingerprint density at radius 3 is 3.05 bits per heavy atom. The van der Waals surface area contributed by atoms with E-state index in [4.69, 9.17) is 4.74 Å². The zero-order valence-electron chi connectivity index (χ0n) is 10.7. The van der Waals surface area contributed by atoms with Crippen LogP contribution in [0.15, 0.2) is 17.5 Å². The Morgan fingerprint density at radius 2 is 2.42 bits per heavy atom. The lowest BCUT2D eigenvalue weighted by Crippen LogP contribution is -2.15. The number of aromatic nitrogens is 3. The van der Waals surface area contributed by atoms with Crippen molar-refractivity contribution in [3.63, 3.8) is 0 Å². The Morgan fingerprint density at radius 1 is 1.58 bits per heavy atom. The van der Waals surface area contributed by atoms with E-state index in [0.717, 1.165) is 24.1 Å². The summed E-state index contributed by atoms with van der Waals surface area (Å²) in [6.45, 7) is 2.58. The fourth-order valence-corrected chi connectivity index (χ4v) is 2.47. The van der Waals surface area contributed by atoms with Gasteiger partial charge in [0, 0.05) is 5.92 Å². The molecule has 6 heteroatoms. The second-order valence-electron chi connectivity index (χ2n) is 4.57. The van der Waals surface area contributed by atoms with Gasteiger partial charge in [-0.25, -0.2) is 0 Å². The standard InChI is InChI=1S/C13H15N3O2S/c1-2-7-18-13-14-11(10-4-3-8-19-10)16(15-13)12(17)9-5-6-9/h3-4,8-9H,2,5-7H2,1H3. The molecule has 0 N–H and O–H groups in total. The van der Waals surface area contributed by atoms with Crippen LogP contribution in [0.25, 0.3) is 10.7 Å². The summed E-state index contributed by atoms with van der Waals surface area (Å²) >= 11 is 1.55. The molecule has 1 fully saturated rings. The van der Waals surface area contributed by atoms with Crippen LogP contribution < -0.4 is 4.74 Å². The molecule has 19 heavy (non-hydrogen) atoms. The third-order valence-electron chi connectivity index (χ3n) is 2.90. The van der Waals surface area contributed by atoms with E-state index in [1.165, 1.54) is 4.68 Å². The van der Waals surface area contributed by atoms with Crippen LogP contribution in [-0.2, 0) is 0 Å². The number of rotatable bonds is 5. The molecule has 2 aromatic rings. The first-order valence-electron chi connectivity index (χ1n) is 6.47. The lowest BCUT2D eigenvalue weighted by atomic mass is 10.4. The third kappa shape index (κ3) is 2.53. The first kappa shape index (κ1) is 12.3. The van der Waals surface area contributed by atoms with Gasteiger partial charge in [0.05, 0.1) is 11.5 Å². The van der Waals surface area contributed by atoms with Crippen molar-refractivity contribution in [3.05, 3.63) is 17.5 Å². The summed E-state index contributed by atoms with van der Waals surface area (Å²) in [4.78, 5) is 17.5. The summed E-state index contributed by atoms with van der Waals surface area (Å²) < 4.78 is 6.85. The van der Waals surface area contributed by atoms with Crippen molar-refractivity contribution >= 4 is 17.2 Å². The number of carbonyl (C=O) groups is 1. The van der Waals surface area contributed by atoms with Gasteiger partial charge in [-0.15, -0.1) is 16.4 Å². The molecular formula is C13H15N3O2S. The van der Waals surface area contributed by atoms with Gasteiger partial charge in [0.15, 0.2) is 5.82 Å². The minimum atomic E-state index is 0.0299. The van der Waals surface area contributed by atoms with Crippen LogP contribution in [0, 0.1) is 5.92 Å². The number of hydrogen-bond acceptors (Lipinski definition) is 5. The Balaban J connectivity index is 1.94. The maximum absolute atomic E-state index is 12.2. The Bertz CT molecular complexity index is 573. The maximum atomic E-state index is 12.2. The highest BCUT2D eigenvalue weighted by atomic mass is 32.1. The zero-order chi connectivity index (χ0) is 13.2. The van der Waals surface area contributed by atoms with Gasteiger partial charge in [-0.3, -0.25) is 4.79 Å². The van der Waals surface area contributed by atoms with E-state index in [2.05, 4.69) is 10.1 Å². The molecule has 0 atom stereocenters. The average molecular weight is 277 g/mol. The lowest BCUT2D eigenvalue weighted by molar-refractivity contribution is 0.0870. The molecule has 0 spiro atoms. The summed E-state index contributed by atoms with van der Waals surface area (Å²) in [5, 5.41) is 6.17. The quantitative estimate of drug-likeness (QED) is 0.843. The second-order valence-corrected chi connectivity index (χ2v) is 5.52. The van der Waals surface area contributed by atoms with Crippen molar-refractivity contribution < 1.29 is 9.53 Å². The zero-order valence-corrected chi connectivity index (χ0v) is 11.5. The molecule has 1 saturated carbocycles. The fourth-order valence-electron chi connectivity index (χ4n) is 1.77. The molecule has 2 heterocycles. The minimum Gasteiger partial charge on any atom is -0.462 e. The van der Waals surface area contributed by atoms with Gasteiger partial charge in [-0.2, -0.15) is 9.67 Å². The SMILES string of the molecule is CCCOc1nc(-c2cccs2)n(C(=O)C2CC2)n1. The monoisotopic (exact) mass is 277 g/mol.